The molecule has 0 spiro atoms. The quantitative estimate of drug-likeness (QED) is 0.265. The van der Waals surface area contributed by atoms with E-state index in [1.54, 1.807) is 18.4 Å². The molecule has 140 valence electrons. The maximum atomic E-state index is 4.63. The van der Waals surface area contributed by atoms with E-state index >= 15 is 0 Å². The normalized spacial score (nSPS) is 11.5. The second-order valence-corrected chi connectivity index (χ2v) is 6.99. The molecule has 6 nitrogen and oxygen atoms in total. The third-order valence-electron chi connectivity index (χ3n) is 3.83. The summed E-state index contributed by atoms with van der Waals surface area (Å²) in [4.78, 5) is 13.1. The van der Waals surface area contributed by atoms with Crippen molar-refractivity contribution in [1.29, 1.82) is 0 Å². The number of unbranched alkanes of at least 4 members (excludes halogenated alkanes) is 1. The zero-order valence-corrected chi connectivity index (χ0v) is 18.6. The lowest BCUT2D eigenvalue weighted by atomic mass is 10.2. The molecule has 0 saturated carbocycles. The van der Waals surface area contributed by atoms with Crippen LogP contribution in [0.4, 0.5) is 0 Å². The summed E-state index contributed by atoms with van der Waals surface area (Å²) >= 11 is 1.70. The van der Waals surface area contributed by atoms with Gasteiger partial charge in [0.2, 0.25) is 0 Å². The Balaban J connectivity index is 0.00000312. The summed E-state index contributed by atoms with van der Waals surface area (Å²) in [5, 5.41) is 9.91. The van der Waals surface area contributed by atoms with E-state index in [4.69, 9.17) is 0 Å². The SMILES string of the molecule is CN=C(NCCCCn1ccnc1C)NCc1nc(C(C)C)cs1.I. The molecule has 0 aliphatic carbocycles. The Kier molecular flexibility index (Phi) is 10.0. The van der Waals surface area contributed by atoms with Crippen molar-refractivity contribution in [1.82, 2.24) is 25.2 Å². The lowest BCUT2D eigenvalue weighted by Gasteiger charge is -2.11. The number of rotatable bonds is 8. The number of hydrogen-bond acceptors (Lipinski definition) is 4. The van der Waals surface area contributed by atoms with Crippen LogP contribution in [0.3, 0.4) is 0 Å². The molecule has 2 N–H and O–H groups in total. The molecular weight excluding hydrogens is 447 g/mol. The molecule has 2 aromatic heterocycles. The fraction of sp³-hybridized carbons (Fsp3) is 0.588. The number of halogens is 1. The minimum atomic E-state index is 0. The average Bonchev–Trinajstić information content (AvgIpc) is 3.19. The Bertz CT molecular complexity index is 649. The third-order valence-corrected chi connectivity index (χ3v) is 4.70. The molecule has 0 bridgehead atoms. The number of hydrogen-bond donors (Lipinski definition) is 2. The van der Waals surface area contributed by atoms with Crippen molar-refractivity contribution in [3.05, 3.63) is 34.3 Å². The van der Waals surface area contributed by atoms with E-state index in [1.165, 1.54) is 0 Å². The van der Waals surface area contributed by atoms with Gasteiger partial charge in [0.1, 0.15) is 10.8 Å². The zero-order valence-electron chi connectivity index (χ0n) is 15.5. The highest BCUT2D eigenvalue weighted by Crippen LogP contribution is 2.17. The molecule has 25 heavy (non-hydrogen) atoms. The van der Waals surface area contributed by atoms with Gasteiger partial charge < -0.3 is 15.2 Å². The number of aliphatic imine (C=N–C) groups is 1. The van der Waals surface area contributed by atoms with E-state index in [0.29, 0.717) is 12.5 Å². The van der Waals surface area contributed by atoms with Crippen molar-refractivity contribution < 1.29 is 0 Å². The molecule has 0 amide bonds. The first kappa shape index (κ1) is 21.9. The number of thiazole rings is 1. The van der Waals surface area contributed by atoms with Crippen LogP contribution in [0.1, 0.15) is 49.1 Å². The maximum Gasteiger partial charge on any atom is 0.191 e. The van der Waals surface area contributed by atoms with Gasteiger partial charge in [0.05, 0.1) is 12.2 Å². The molecule has 0 aliphatic rings. The molecule has 0 saturated heterocycles. The van der Waals surface area contributed by atoms with Crippen molar-refractivity contribution in [2.24, 2.45) is 4.99 Å². The second kappa shape index (κ2) is 11.5. The molecule has 0 aliphatic heterocycles. The number of imidazole rings is 1. The Morgan fingerprint density at radius 1 is 1.32 bits per heavy atom. The summed E-state index contributed by atoms with van der Waals surface area (Å²) in [7, 11) is 1.80. The van der Waals surface area contributed by atoms with E-state index < -0.39 is 0 Å². The highest BCUT2D eigenvalue weighted by molar-refractivity contribution is 14.0. The van der Waals surface area contributed by atoms with Gasteiger partial charge in [-0.15, -0.1) is 35.3 Å². The molecular formula is C17H29IN6S. The smallest absolute Gasteiger partial charge is 0.191 e. The summed E-state index contributed by atoms with van der Waals surface area (Å²) < 4.78 is 2.18. The van der Waals surface area contributed by atoms with Gasteiger partial charge in [-0.25, -0.2) is 9.97 Å². The number of aromatic nitrogens is 3. The summed E-state index contributed by atoms with van der Waals surface area (Å²) in [6.07, 6.45) is 6.09. The maximum absolute atomic E-state index is 4.63. The number of nitrogens with zero attached hydrogens (tertiary/aromatic N) is 4. The van der Waals surface area contributed by atoms with Crippen molar-refractivity contribution in [3.8, 4) is 0 Å². The highest BCUT2D eigenvalue weighted by atomic mass is 127. The van der Waals surface area contributed by atoms with Gasteiger partial charge in [-0.3, -0.25) is 4.99 Å². The Morgan fingerprint density at radius 3 is 2.72 bits per heavy atom. The average molecular weight is 476 g/mol. The first-order valence-electron chi connectivity index (χ1n) is 8.46. The minimum absolute atomic E-state index is 0. The van der Waals surface area contributed by atoms with E-state index in [0.717, 1.165) is 48.4 Å². The van der Waals surface area contributed by atoms with Gasteiger partial charge >= 0.3 is 0 Å². The van der Waals surface area contributed by atoms with Crippen molar-refractivity contribution in [3.63, 3.8) is 0 Å². The van der Waals surface area contributed by atoms with E-state index in [2.05, 4.69) is 49.4 Å². The molecule has 2 aromatic rings. The highest BCUT2D eigenvalue weighted by Gasteiger charge is 2.06. The predicted molar refractivity (Wildman–Crippen MR) is 116 cm³/mol. The standard InChI is InChI=1S/C17H28N6S.HI/c1-13(2)15-12-24-16(22-15)11-21-17(18-4)20-7-5-6-9-23-10-8-19-14(23)3;/h8,10,12-13H,5-7,9,11H2,1-4H3,(H2,18,20,21);1H. The fourth-order valence-corrected chi connectivity index (χ4v) is 3.20. The van der Waals surface area contributed by atoms with Gasteiger partial charge in [-0.2, -0.15) is 0 Å². The third kappa shape index (κ3) is 7.31. The van der Waals surface area contributed by atoms with Crippen LogP contribution < -0.4 is 10.6 Å². The monoisotopic (exact) mass is 476 g/mol. The van der Waals surface area contributed by atoms with Crippen molar-refractivity contribution >= 4 is 41.3 Å². The van der Waals surface area contributed by atoms with Crippen molar-refractivity contribution in [2.75, 3.05) is 13.6 Å². The van der Waals surface area contributed by atoms with Crippen LogP contribution in [0.25, 0.3) is 0 Å². The fourth-order valence-electron chi connectivity index (χ4n) is 2.31. The van der Waals surface area contributed by atoms with Gasteiger partial charge in [0, 0.05) is 37.9 Å². The molecule has 0 atom stereocenters. The number of aryl methyl sites for hydroxylation is 2. The summed E-state index contributed by atoms with van der Waals surface area (Å²) in [6.45, 7) is 8.99. The van der Waals surface area contributed by atoms with E-state index in [9.17, 15) is 0 Å². The number of nitrogens with one attached hydrogen (secondary N) is 2. The lowest BCUT2D eigenvalue weighted by Crippen LogP contribution is -2.37. The van der Waals surface area contributed by atoms with Gasteiger partial charge in [0.15, 0.2) is 5.96 Å². The molecule has 0 radical (unpaired) electrons. The molecule has 0 aromatic carbocycles. The van der Waals surface area contributed by atoms with Crippen LogP contribution in [0.2, 0.25) is 0 Å². The number of guanidine groups is 1. The van der Waals surface area contributed by atoms with Crippen LogP contribution in [0, 0.1) is 6.92 Å². The van der Waals surface area contributed by atoms with Crippen LogP contribution in [-0.2, 0) is 13.1 Å². The molecule has 2 heterocycles. The van der Waals surface area contributed by atoms with Gasteiger partial charge in [-0.1, -0.05) is 13.8 Å². The van der Waals surface area contributed by atoms with Crippen LogP contribution in [0.5, 0.6) is 0 Å². The van der Waals surface area contributed by atoms with Gasteiger partial charge in [0.25, 0.3) is 0 Å². The lowest BCUT2D eigenvalue weighted by molar-refractivity contribution is 0.588. The molecule has 0 fully saturated rings. The first-order chi connectivity index (χ1) is 11.6. The first-order valence-corrected chi connectivity index (χ1v) is 9.34. The summed E-state index contributed by atoms with van der Waals surface area (Å²) in [6, 6.07) is 0. The largest absolute Gasteiger partial charge is 0.356 e. The Hall–Kier alpha value is -1.16. The van der Waals surface area contributed by atoms with E-state index in [1.807, 2.05) is 19.3 Å². The van der Waals surface area contributed by atoms with Crippen molar-refractivity contribution in [2.45, 2.75) is 52.6 Å². The molecule has 8 heteroatoms. The van der Waals surface area contributed by atoms with Gasteiger partial charge in [-0.05, 0) is 25.7 Å². The topological polar surface area (TPSA) is 67.1 Å². The predicted octanol–water partition coefficient (Wildman–Crippen LogP) is 3.53. The van der Waals surface area contributed by atoms with Crippen LogP contribution in [-0.4, -0.2) is 34.1 Å². The Morgan fingerprint density at radius 2 is 2.12 bits per heavy atom. The molecule has 0 unspecified atom stereocenters. The van der Waals surface area contributed by atoms with E-state index in [-0.39, 0.29) is 24.0 Å². The summed E-state index contributed by atoms with van der Waals surface area (Å²) in [5.74, 6) is 2.38. The summed E-state index contributed by atoms with van der Waals surface area (Å²) in [5.41, 5.74) is 1.16. The Labute approximate surface area is 171 Å². The second-order valence-electron chi connectivity index (χ2n) is 6.05. The minimum Gasteiger partial charge on any atom is -0.356 e. The van der Waals surface area contributed by atoms with Crippen LogP contribution in [0.15, 0.2) is 22.8 Å². The van der Waals surface area contributed by atoms with Crippen LogP contribution >= 0.6 is 35.3 Å². The molecule has 2 rings (SSSR count). The zero-order chi connectivity index (χ0) is 17.4.